The molecular formula is C58H94N2Ni. The van der Waals surface area contributed by atoms with Crippen LogP contribution in [-0.2, 0) is 29.3 Å². The van der Waals surface area contributed by atoms with Gasteiger partial charge in [0.25, 0.3) is 0 Å². The molecule has 3 heteroatoms. The number of nitrogens with zero attached hydrogens (tertiary/aromatic N) is 2. The maximum atomic E-state index is 11.5. The van der Waals surface area contributed by atoms with E-state index in [1.54, 1.807) is 0 Å². The van der Waals surface area contributed by atoms with E-state index in [4.69, 9.17) is 0 Å². The molecule has 0 atom stereocenters. The van der Waals surface area contributed by atoms with Gasteiger partial charge in [0.15, 0.2) is 0 Å². The van der Waals surface area contributed by atoms with Crippen molar-refractivity contribution >= 4 is 11.4 Å². The van der Waals surface area contributed by atoms with Crippen molar-refractivity contribution in [3.8, 4) is 11.8 Å². The minimum Gasteiger partial charge on any atom is -0.493 e. The maximum Gasteiger partial charge on any atom is 2.00 e. The van der Waals surface area contributed by atoms with Crippen LogP contribution in [0.5, 0.6) is 0 Å². The molecule has 2 aromatic rings. The van der Waals surface area contributed by atoms with Gasteiger partial charge in [0.2, 0.25) is 11.4 Å². The number of hydrogen-bond acceptors (Lipinski definition) is 0. The average Bonchev–Trinajstić information content (AvgIpc) is 3.61. The van der Waals surface area contributed by atoms with Crippen molar-refractivity contribution in [3.63, 3.8) is 0 Å². The third-order valence-electron chi connectivity index (χ3n) is 11.7. The van der Waals surface area contributed by atoms with Crippen molar-refractivity contribution in [2.75, 3.05) is 0 Å². The largest absolute Gasteiger partial charge is 2.00 e. The van der Waals surface area contributed by atoms with Crippen molar-refractivity contribution in [2.45, 2.75) is 247 Å². The van der Waals surface area contributed by atoms with Crippen molar-refractivity contribution < 1.29 is 21.2 Å². The van der Waals surface area contributed by atoms with E-state index in [1.165, 1.54) is 189 Å². The van der Waals surface area contributed by atoms with Crippen LogP contribution in [0, 0.1) is 25.7 Å². The zero-order chi connectivity index (χ0) is 43.7. The molecule has 0 aromatic heterocycles. The fourth-order valence-corrected chi connectivity index (χ4v) is 7.76. The second-order valence-electron chi connectivity index (χ2n) is 17.4. The molecular weight excluding hydrogens is 783 g/mol. The van der Waals surface area contributed by atoms with Gasteiger partial charge < -0.3 is 19.4 Å². The minimum atomic E-state index is 0. The molecule has 2 aromatic carbocycles. The van der Waals surface area contributed by atoms with Gasteiger partial charge in [0.05, 0.1) is 0 Å². The molecule has 2 nitrogen and oxygen atoms in total. The van der Waals surface area contributed by atoms with E-state index >= 15 is 0 Å². The molecule has 0 unspecified atom stereocenters. The normalized spacial score (nSPS) is 11.9. The van der Waals surface area contributed by atoms with E-state index < -0.39 is 0 Å². The predicted molar refractivity (Wildman–Crippen MR) is 269 cm³/mol. The summed E-state index contributed by atoms with van der Waals surface area (Å²) >= 11 is 0. The molecule has 0 radical (unpaired) electrons. The molecule has 0 spiro atoms. The quantitative estimate of drug-likeness (QED) is 0.0230. The van der Waals surface area contributed by atoms with Crippen molar-refractivity contribution in [2.24, 2.45) is 0 Å². The summed E-state index contributed by atoms with van der Waals surface area (Å²) in [4.78, 5) is 0. The Balaban J connectivity index is 0.00000205. The van der Waals surface area contributed by atoms with Crippen molar-refractivity contribution in [3.05, 3.63) is 102 Å². The van der Waals surface area contributed by atoms with Crippen LogP contribution in [-0.4, -0.2) is 4.70 Å². The SMILES string of the molecule is CCCCCCCCCCCCCCCCCCCCC#CC1=C(c2cccc(CC)c2)[N+](=[N-])C(c2cccc(CCCC)c2)=C1.[CH2-]CCCCCC.[CH2-]CCCCCC.[Ni+2]. The summed E-state index contributed by atoms with van der Waals surface area (Å²) in [6, 6.07) is 17.1. The zero-order valence-electron chi connectivity index (χ0n) is 40.7. The van der Waals surface area contributed by atoms with E-state index in [9.17, 15) is 5.53 Å². The predicted octanol–water partition coefficient (Wildman–Crippen LogP) is 19.4. The molecule has 1 aliphatic heterocycles. The van der Waals surface area contributed by atoms with Crippen molar-refractivity contribution in [1.29, 1.82) is 0 Å². The Hall–Kier alpha value is -2.43. The molecule has 3 rings (SSSR count). The fraction of sp³-hybridized carbons (Fsp3) is 0.655. The summed E-state index contributed by atoms with van der Waals surface area (Å²) < 4.78 is 1.37. The summed E-state index contributed by atoms with van der Waals surface area (Å²) in [6.07, 6.45) is 45.5. The molecule has 0 N–H and O–H groups in total. The number of aryl methyl sites for hydroxylation is 2. The summed E-state index contributed by atoms with van der Waals surface area (Å²) in [6.45, 7) is 18.7. The topological polar surface area (TPSA) is 25.3 Å². The Kier molecular flexibility index (Phi) is 41.1. The number of hydrogen-bond donors (Lipinski definition) is 0. The molecule has 0 amide bonds. The monoisotopic (exact) mass is 877 g/mol. The van der Waals surface area contributed by atoms with Crippen LogP contribution in [0.4, 0.5) is 0 Å². The van der Waals surface area contributed by atoms with E-state index in [0.717, 1.165) is 66.6 Å². The third kappa shape index (κ3) is 29.5. The Labute approximate surface area is 390 Å². The van der Waals surface area contributed by atoms with E-state index in [1.807, 2.05) is 0 Å². The summed E-state index contributed by atoms with van der Waals surface area (Å²) in [7, 11) is 0. The minimum absolute atomic E-state index is 0. The number of unbranched alkanes of at least 4 members (excludes halogenated alkanes) is 27. The van der Waals surface area contributed by atoms with Gasteiger partial charge in [-0.3, -0.25) is 0 Å². The second kappa shape index (κ2) is 42.9. The fourth-order valence-electron chi connectivity index (χ4n) is 7.76. The Morgan fingerprint density at radius 3 is 1.36 bits per heavy atom. The standard InChI is InChI=1S/C44H64N2.2C7H15.Ni/c1-4-7-9-10-11-12-13-14-15-16-17-18-19-20-21-22-23-24-25-26-32-42-37-43(40-33-28-31-39(36-40)29-8-5-2)46(45)44(42)41-34-27-30-38(6-3)35-41;2*1-3-5-7-6-4-2;/h27-28,30-31,33-37H,4-25,29H2,1-3H3;2*1,3-7H2,2H3;/q;2*-1;+2. The van der Waals surface area contributed by atoms with Gasteiger partial charge in [0.1, 0.15) is 5.57 Å². The molecule has 61 heavy (non-hydrogen) atoms. The molecule has 1 heterocycles. The van der Waals surface area contributed by atoms with Gasteiger partial charge in [-0.1, -0.05) is 238 Å². The van der Waals surface area contributed by atoms with E-state index in [-0.39, 0.29) is 16.5 Å². The zero-order valence-corrected chi connectivity index (χ0v) is 41.6. The van der Waals surface area contributed by atoms with Crippen LogP contribution in [0.2, 0.25) is 0 Å². The van der Waals surface area contributed by atoms with Gasteiger partial charge in [-0.25, -0.2) is 4.70 Å². The van der Waals surface area contributed by atoms with Gasteiger partial charge in [-0.2, -0.15) is 12.8 Å². The molecule has 0 fully saturated rings. The molecule has 0 bridgehead atoms. The molecule has 1 aliphatic rings. The van der Waals surface area contributed by atoms with Crippen LogP contribution in [0.3, 0.4) is 0 Å². The Morgan fingerprint density at radius 2 is 0.902 bits per heavy atom. The van der Waals surface area contributed by atoms with Crippen LogP contribution in [0.1, 0.15) is 256 Å². The Morgan fingerprint density at radius 1 is 0.492 bits per heavy atom. The molecule has 0 aliphatic carbocycles. The van der Waals surface area contributed by atoms with Gasteiger partial charge in [0, 0.05) is 23.6 Å². The first-order chi connectivity index (χ1) is 29.5. The van der Waals surface area contributed by atoms with E-state index in [2.05, 4.69) is 115 Å². The van der Waals surface area contributed by atoms with Gasteiger partial charge >= 0.3 is 16.5 Å². The van der Waals surface area contributed by atoms with Crippen LogP contribution < -0.4 is 0 Å². The van der Waals surface area contributed by atoms with Crippen molar-refractivity contribution in [1.82, 2.24) is 0 Å². The maximum absolute atomic E-state index is 11.5. The van der Waals surface area contributed by atoms with Crippen LogP contribution in [0.25, 0.3) is 16.9 Å². The Bertz CT molecular complexity index is 1440. The summed E-state index contributed by atoms with van der Waals surface area (Å²) in [5.74, 6) is 6.91. The molecule has 0 saturated heterocycles. The number of allylic oxidation sites excluding steroid dienone is 2. The van der Waals surface area contributed by atoms with Gasteiger partial charge in [-0.05, 0) is 61.1 Å². The van der Waals surface area contributed by atoms with Gasteiger partial charge in [-0.15, -0.1) is 0 Å². The summed E-state index contributed by atoms with van der Waals surface area (Å²) in [5, 5.41) is 0. The van der Waals surface area contributed by atoms with Crippen LogP contribution >= 0.6 is 0 Å². The summed E-state index contributed by atoms with van der Waals surface area (Å²) in [5.41, 5.74) is 18.6. The average molecular weight is 878 g/mol. The molecule has 346 valence electrons. The first-order valence-electron chi connectivity index (χ1n) is 25.7. The third-order valence-corrected chi connectivity index (χ3v) is 11.7. The first-order valence-corrected chi connectivity index (χ1v) is 25.7. The molecule has 0 saturated carbocycles. The number of benzene rings is 2. The second-order valence-corrected chi connectivity index (χ2v) is 17.4. The number of rotatable bonds is 32. The smallest absolute Gasteiger partial charge is 0.493 e. The first kappa shape index (κ1) is 58.6. The van der Waals surface area contributed by atoms with Crippen LogP contribution in [0.15, 0.2) is 60.2 Å². The van der Waals surface area contributed by atoms with E-state index in [0.29, 0.717) is 0 Å².